The molecule has 2 amide bonds. The highest BCUT2D eigenvalue weighted by Gasteiger charge is 2.16. The molecule has 0 aliphatic heterocycles. The van der Waals surface area contributed by atoms with E-state index in [1.165, 1.54) is 0 Å². The van der Waals surface area contributed by atoms with Gasteiger partial charge in [-0.15, -0.1) is 0 Å². The van der Waals surface area contributed by atoms with Gasteiger partial charge in [-0.2, -0.15) is 0 Å². The molecule has 0 spiro atoms. The first kappa shape index (κ1) is 18.2. The number of hydrogen-bond donors (Lipinski definition) is 2. The van der Waals surface area contributed by atoms with Crippen molar-refractivity contribution in [3.63, 3.8) is 0 Å². The minimum Gasteiger partial charge on any atom is -0.317 e. The van der Waals surface area contributed by atoms with Gasteiger partial charge in [0, 0.05) is 17.0 Å². The fourth-order valence-electron chi connectivity index (χ4n) is 2.66. The lowest BCUT2D eigenvalue weighted by Crippen LogP contribution is -2.34. The van der Waals surface area contributed by atoms with Crippen LogP contribution in [0.5, 0.6) is 0 Å². The maximum Gasteiger partial charge on any atom is 0.286 e. The van der Waals surface area contributed by atoms with Crippen LogP contribution in [-0.4, -0.2) is 16.5 Å². The van der Waals surface area contributed by atoms with Crippen molar-refractivity contribution in [2.24, 2.45) is 0 Å². The van der Waals surface area contributed by atoms with Gasteiger partial charge in [-0.3, -0.25) is 19.7 Å². The minimum absolute atomic E-state index is 0.169. The molecule has 27 heavy (non-hydrogen) atoms. The van der Waals surface area contributed by atoms with E-state index in [0.29, 0.717) is 5.56 Å². The van der Waals surface area contributed by atoms with Gasteiger partial charge in [-0.05, 0) is 49.8 Å². The average molecular weight is 359 g/mol. The third kappa shape index (κ3) is 4.52. The van der Waals surface area contributed by atoms with Crippen molar-refractivity contribution in [3.8, 4) is 0 Å². The lowest BCUT2D eigenvalue weighted by atomic mass is 10.1. The molecule has 1 heterocycles. The van der Waals surface area contributed by atoms with Crippen molar-refractivity contribution in [2.75, 3.05) is 5.43 Å². The molecular formula is C22H21N3O2. The Labute approximate surface area is 158 Å². The molecule has 1 aromatic heterocycles. The van der Waals surface area contributed by atoms with Crippen LogP contribution in [0, 0.1) is 13.8 Å². The van der Waals surface area contributed by atoms with Crippen LogP contribution in [0.4, 0.5) is 0 Å². The summed E-state index contributed by atoms with van der Waals surface area (Å²) in [5, 5.41) is 2.73. The Morgan fingerprint density at radius 1 is 0.815 bits per heavy atom. The zero-order chi connectivity index (χ0) is 19.2. The summed E-state index contributed by atoms with van der Waals surface area (Å²) >= 11 is 0. The SMILES string of the molecule is Cc1ccc(C)n1NC(=O)/C(=C/c1ccccc1)NC(=O)c1ccccc1. The molecular weight excluding hydrogens is 338 g/mol. The highest BCUT2D eigenvalue weighted by Crippen LogP contribution is 2.09. The van der Waals surface area contributed by atoms with Gasteiger partial charge in [-0.25, -0.2) is 0 Å². The van der Waals surface area contributed by atoms with Crippen molar-refractivity contribution in [2.45, 2.75) is 13.8 Å². The lowest BCUT2D eigenvalue weighted by molar-refractivity contribution is -0.114. The van der Waals surface area contributed by atoms with Crippen LogP contribution in [0.1, 0.15) is 27.3 Å². The van der Waals surface area contributed by atoms with Crippen LogP contribution < -0.4 is 10.7 Å². The summed E-state index contributed by atoms with van der Waals surface area (Å²) in [6, 6.07) is 22.0. The first-order valence-electron chi connectivity index (χ1n) is 8.64. The maximum absolute atomic E-state index is 12.9. The van der Waals surface area contributed by atoms with Crippen LogP contribution in [0.2, 0.25) is 0 Å². The third-order valence-electron chi connectivity index (χ3n) is 4.12. The van der Waals surface area contributed by atoms with Crippen molar-refractivity contribution in [1.29, 1.82) is 0 Å². The summed E-state index contributed by atoms with van der Waals surface area (Å²) in [7, 11) is 0. The van der Waals surface area contributed by atoms with E-state index in [1.807, 2.05) is 62.4 Å². The molecule has 2 aromatic carbocycles. The molecule has 5 nitrogen and oxygen atoms in total. The van der Waals surface area contributed by atoms with Gasteiger partial charge in [0.1, 0.15) is 5.70 Å². The highest BCUT2D eigenvalue weighted by atomic mass is 16.2. The quantitative estimate of drug-likeness (QED) is 0.683. The van der Waals surface area contributed by atoms with E-state index in [9.17, 15) is 9.59 Å². The van der Waals surface area contributed by atoms with Gasteiger partial charge in [-0.1, -0.05) is 48.5 Å². The van der Waals surface area contributed by atoms with Crippen LogP contribution in [0.15, 0.2) is 78.5 Å². The Hall–Kier alpha value is -3.60. The van der Waals surface area contributed by atoms with Crippen LogP contribution >= 0.6 is 0 Å². The topological polar surface area (TPSA) is 63.1 Å². The van der Waals surface area contributed by atoms with Gasteiger partial charge in [0.25, 0.3) is 11.8 Å². The van der Waals surface area contributed by atoms with Gasteiger partial charge in [0.2, 0.25) is 0 Å². The van der Waals surface area contributed by atoms with E-state index in [2.05, 4.69) is 10.7 Å². The summed E-state index contributed by atoms with van der Waals surface area (Å²) in [4.78, 5) is 25.4. The molecule has 5 heteroatoms. The standard InChI is InChI=1S/C22H21N3O2/c1-16-13-14-17(2)25(16)24-22(27)20(15-18-9-5-3-6-10-18)23-21(26)19-11-7-4-8-12-19/h3-15H,1-2H3,(H,23,26)(H,24,27)/b20-15-. The lowest BCUT2D eigenvalue weighted by Gasteiger charge is -2.14. The van der Waals surface area contributed by atoms with E-state index in [4.69, 9.17) is 0 Å². The van der Waals surface area contributed by atoms with Gasteiger partial charge >= 0.3 is 0 Å². The number of nitrogens with zero attached hydrogens (tertiary/aromatic N) is 1. The molecule has 2 N–H and O–H groups in total. The first-order valence-corrected chi connectivity index (χ1v) is 8.64. The molecule has 0 aliphatic rings. The average Bonchev–Trinajstić information content (AvgIpc) is 3.01. The summed E-state index contributed by atoms with van der Waals surface area (Å²) in [6.45, 7) is 3.80. The number of amides is 2. The van der Waals surface area contributed by atoms with Gasteiger partial charge in [0.15, 0.2) is 0 Å². The molecule has 0 saturated heterocycles. The number of hydrogen-bond acceptors (Lipinski definition) is 2. The third-order valence-corrected chi connectivity index (χ3v) is 4.12. The largest absolute Gasteiger partial charge is 0.317 e. The van der Waals surface area contributed by atoms with E-state index in [-0.39, 0.29) is 11.6 Å². The number of aryl methyl sites for hydroxylation is 2. The van der Waals surface area contributed by atoms with Crippen LogP contribution in [0.25, 0.3) is 6.08 Å². The molecule has 3 rings (SSSR count). The Balaban J connectivity index is 1.89. The smallest absolute Gasteiger partial charge is 0.286 e. The number of benzene rings is 2. The molecule has 0 atom stereocenters. The monoisotopic (exact) mass is 359 g/mol. The molecule has 0 bridgehead atoms. The molecule has 136 valence electrons. The van der Waals surface area contributed by atoms with E-state index >= 15 is 0 Å². The second-order valence-corrected chi connectivity index (χ2v) is 6.18. The number of nitrogens with one attached hydrogen (secondary N) is 2. The zero-order valence-electron chi connectivity index (χ0n) is 15.3. The second kappa shape index (κ2) is 8.19. The van der Waals surface area contributed by atoms with E-state index < -0.39 is 5.91 Å². The molecule has 0 aliphatic carbocycles. The number of carbonyl (C=O) groups is 2. The first-order chi connectivity index (χ1) is 13.0. The summed E-state index contributed by atoms with van der Waals surface area (Å²) in [6.07, 6.45) is 1.66. The maximum atomic E-state index is 12.9. The predicted molar refractivity (Wildman–Crippen MR) is 107 cm³/mol. The van der Waals surface area contributed by atoms with Crippen molar-refractivity contribution in [3.05, 3.63) is 101 Å². The van der Waals surface area contributed by atoms with Crippen molar-refractivity contribution < 1.29 is 9.59 Å². The van der Waals surface area contributed by atoms with E-state index in [0.717, 1.165) is 17.0 Å². The normalized spacial score (nSPS) is 11.1. The van der Waals surface area contributed by atoms with Gasteiger partial charge in [0.05, 0.1) is 0 Å². The summed E-state index contributed by atoms with van der Waals surface area (Å²) in [5.74, 6) is -0.737. The molecule has 0 saturated carbocycles. The molecule has 0 radical (unpaired) electrons. The number of aromatic nitrogens is 1. The molecule has 0 unspecified atom stereocenters. The van der Waals surface area contributed by atoms with Gasteiger partial charge < -0.3 is 5.32 Å². The van der Waals surface area contributed by atoms with E-state index in [1.54, 1.807) is 35.0 Å². The Morgan fingerprint density at radius 2 is 1.37 bits per heavy atom. The molecule has 3 aromatic rings. The fraction of sp³-hybridized carbons (Fsp3) is 0.0909. The van der Waals surface area contributed by atoms with Crippen LogP contribution in [0.3, 0.4) is 0 Å². The Kier molecular flexibility index (Phi) is 5.52. The fourth-order valence-corrected chi connectivity index (χ4v) is 2.66. The zero-order valence-corrected chi connectivity index (χ0v) is 15.3. The number of rotatable bonds is 5. The predicted octanol–water partition coefficient (Wildman–Crippen LogP) is 3.65. The number of carbonyl (C=O) groups excluding carboxylic acids is 2. The van der Waals surface area contributed by atoms with Crippen LogP contribution in [-0.2, 0) is 4.79 Å². The highest BCUT2D eigenvalue weighted by molar-refractivity contribution is 6.08. The molecule has 0 fully saturated rings. The second-order valence-electron chi connectivity index (χ2n) is 6.18. The van der Waals surface area contributed by atoms with Crippen molar-refractivity contribution in [1.82, 2.24) is 9.99 Å². The Bertz CT molecular complexity index is 954. The Morgan fingerprint density at radius 3 is 1.96 bits per heavy atom. The van der Waals surface area contributed by atoms with Crippen molar-refractivity contribution >= 4 is 17.9 Å². The summed E-state index contributed by atoms with van der Waals surface area (Å²) < 4.78 is 1.69. The summed E-state index contributed by atoms with van der Waals surface area (Å²) in [5.41, 5.74) is 6.09. The minimum atomic E-state index is -0.398.